The van der Waals surface area contributed by atoms with Gasteiger partial charge in [0.1, 0.15) is 11.4 Å². The molecule has 3 aromatic rings. The number of pyridine rings is 1. The Morgan fingerprint density at radius 3 is 2.35 bits per heavy atom. The highest BCUT2D eigenvalue weighted by molar-refractivity contribution is 7.53. The van der Waals surface area contributed by atoms with Crippen LogP contribution >= 0.6 is 7.60 Å². The Morgan fingerprint density at radius 2 is 1.63 bits per heavy atom. The first kappa shape index (κ1) is 30.5. The molecule has 0 N–H and O–H groups in total. The summed E-state index contributed by atoms with van der Waals surface area (Å²) >= 11 is 0. The van der Waals surface area contributed by atoms with E-state index in [0.29, 0.717) is 50.3 Å². The summed E-state index contributed by atoms with van der Waals surface area (Å²) < 4.78 is 59.1. The zero-order valence-electron chi connectivity index (χ0n) is 24.4. The molecule has 10 heteroatoms. The van der Waals surface area contributed by atoms with Crippen LogP contribution in [0, 0.1) is 18.6 Å². The average Bonchev–Trinajstić information content (AvgIpc) is 3.41. The predicted molar refractivity (Wildman–Crippen MR) is 164 cm³/mol. The summed E-state index contributed by atoms with van der Waals surface area (Å²) in [6, 6.07) is 20.1. The molecule has 0 amide bonds. The number of halogens is 2. The van der Waals surface area contributed by atoms with Gasteiger partial charge in [-0.05, 0) is 79.8 Å². The Morgan fingerprint density at radius 1 is 0.884 bits per heavy atom. The number of imidazole rings is 1. The molecule has 2 aliphatic heterocycles. The van der Waals surface area contributed by atoms with Gasteiger partial charge in [-0.25, -0.2) is 18.7 Å². The Balaban J connectivity index is 1.21. The minimum absolute atomic E-state index is 0.0414. The summed E-state index contributed by atoms with van der Waals surface area (Å²) in [5.41, 5.74) is 5.63. The molecule has 7 nitrogen and oxygen atoms in total. The minimum atomic E-state index is -3.06. The minimum Gasteiger partial charge on any atom is -0.494 e. The van der Waals surface area contributed by atoms with Crippen LogP contribution in [0.25, 0.3) is 33.9 Å². The van der Waals surface area contributed by atoms with Crippen LogP contribution in [0.5, 0.6) is 5.75 Å². The molecule has 0 unspecified atom stereocenters. The highest BCUT2D eigenvalue weighted by Gasteiger charge is 2.23. The van der Waals surface area contributed by atoms with Crippen molar-refractivity contribution in [2.24, 2.45) is 0 Å². The van der Waals surface area contributed by atoms with Crippen LogP contribution in [0.15, 0.2) is 79.1 Å². The summed E-state index contributed by atoms with van der Waals surface area (Å²) in [6.07, 6.45) is 4.63. The van der Waals surface area contributed by atoms with E-state index in [2.05, 4.69) is 34.2 Å². The van der Waals surface area contributed by atoms with Gasteiger partial charge in [-0.1, -0.05) is 36.4 Å². The molecule has 0 radical (unpaired) electrons. The van der Waals surface area contributed by atoms with Gasteiger partial charge in [-0.15, -0.1) is 0 Å². The largest absolute Gasteiger partial charge is 0.494 e. The summed E-state index contributed by atoms with van der Waals surface area (Å²) in [5, 5.41) is 0. The number of hydrogen-bond acceptors (Lipinski definition) is 6. The van der Waals surface area contributed by atoms with Crippen LogP contribution in [0.2, 0.25) is 0 Å². The van der Waals surface area contributed by atoms with Crippen molar-refractivity contribution >= 4 is 7.60 Å². The highest BCUT2D eigenvalue weighted by atomic mass is 31.2. The lowest BCUT2D eigenvalue weighted by molar-refractivity contribution is 0.216. The topological polar surface area (TPSA) is 75.5 Å². The van der Waals surface area contributed by atoms with Crippen LogP contribution in [0.3, 0.4) is 0 Å². The van der Waals surface area contributed by atoms with Gasteiger partial charge in [0, 0.05) is 18.9 Å². The molecule has 0 fully saturated rings. The van der Waals surface area contributed by atoms with E-state index in [-0.39, 0.29) is 11.4 Å². The van der Waals surface area contributed by atoms with E-state index in [0.717, 1.165) is 34.1 Å². The molecule has 0 aliphatic carbocycles. The Hall–Kier alpha value is -3.91. The summed E-state index contributed by atoms with van der Waals surface area (Å²) in [7, 11) is -3.06. The van der Waals surface area contributed by atoms with E-state index in [9.17, 15) is 13.3 Å². The molecule has 3 aromatic carbocycles. The molecule has 0 bridgehead atoms. The third-order valence-corrected chi connectivity index (χ3v) is 9.11. The lowest BCUT2D eigenvalue weighted by Crippen LogP contribution is -2.05. The maximum Gasteiger partial charge on any atom is 0.330 e. The van der Waals surface area contributed by atoms with Gasteiger partial charge in [-0.3, -0.25) is 4.57 Å². The van der Waals surface area contributed by atoms with Gasteiger partial charge < -0.3 is 18.4 Å². The first-order valence-electron chi connectivity index (χ1n) is 14.3. The van der Waals surface area contributed by atoms with Crippen molar-refractivity contribution in [3.8, 4) is 39.7 Å². The summed E-state index contributed by atoms with van der Waals surface area (Å²) in [5.74, 6) is -0.960. The standard InChI is InChI=1S/C33H34F2N3O4P/c1-4-41-43(39,42-5-2)19-7-18-40-26-14-15-27(23(3)20-26)25-12-10-24(11-13-25)21-38-17-16-30-31(22-38)37-33(36-30)28-8-6-9-29(34)32(28)35/h6,8-17,20,22H,4-5,7,18-19,21H2,1-3H3. The Kier molecular flexibility index (Phi) is 9.65. The van der Waals surface area contributed by atoms with Gasteiger partial charge in [0.25, 0.3) is 0 Å². The third kappa shape index (κ3) is 7.36. The van der Waals surface area contributed by atoms with Crippen molar-refractivity contribution in [3.05, 3.63) is 102 Å². The highest BCUT2D eigenvalue weighted by Crippen LogP contribution is 2.48. The molecule has 224 valence electrons. The number of ether oxygens (including phenoxy) is 1. The van der Waals surface area contributed by atoms with Gasteiger partial charge in [0.15, 0.2) is 17.5 Å². The predicted octanol–water partition coefficient (Wildman–Crippen LogP) is 8.39. The van der Waals surface area contributed by atoms with E-state index >= 15 is 0 Å². The van der Waals surface area contributed by atoms with Crippen molar-refractivity contribution in [3.63, 3.8) is 0 Å². The molecule has 43 heavy (non-hydrogen) atoms. The number of aromatic nitrogens is 3. The molecular formula is C33H34F2N3O4P. The number of benzene rings is 3. The fourth-order valence-corrected chi connectivity index (χ4v) is 6.54. The van der Waals surface area contributed by atoms with Crippen LogP contribution < -0.4 is 4.74 Å². The van der Waals surface area contributed by atoms with Crippen molar-refractivity contribution in [1.29, 1.82) is 0 Å². The van der Waals surface area contributed by atoms with Crippen molar-refractivity contribution < 1.29 is 27.1 Å². The second kappa shape index (κ2) is 13.6. The van der Waals surface area contributed by atoms with Gasteiger partial charge in [0.2, 0.25) is 0 Å². The van der Waals surface area contributed by atoms with Crippen LogP contribution in [-0.4, -0.2) is 40.5 Å². The molecule has 2 heterocycles. The van der Waals surface area contributed by atoms with Crippen molar-refractivity contribution in [1.82, 2.24) is 14.5 Å². The molecule has 0 saturated heterocycles. The third-order valence-electron chi connectivity index (χ3n) is 6.94. The number of hydrogen-bond donors (Lipinski definition) is 0. The molecule has 0 saturated carbocycles. The van der Waals surface area contributed by atoms with Crippen LogP contribution in [0.1, 0.15) is 31.4 Å². The monoisotopic (exact) mass is 605 g/mol. The summed E-state index contributed by atoms with van der Waals surface area (Å²) in [4.78, 5) is 8.81. The zero-order valence-corrected chi connectivity index (χ0v) is 25.3. The number of fused-ring (bicyclic) bond motifs is 1. The smallest absolute Gasteiger partial charge is 0.330 e. The maximum atomic E-state index is 14.2. The Labute approximate surface area is 250 Å². The molecule has 0 atom stereocenters. The lowest BCUT2D eigenvalue weighted by Gasteiger charge is -2.17. The first-order chi connectivity index (χ1) is 20.8. The SMILES string of the molecule is CCOP(=O)(CCCOc1ccc(-c2ccc(Cn3ccc4nc(-c5cccc(F)c5F)nc-4c3)cc2)c(C)c1)OCC. The van der Waals surface area contributed by atoms with Crippen LogP contribution in [0.4, 0.5) is 8.78 Å². The number of nitrogens with zero attached hydrogens (tertiary/aromatic N) is 3. The molecule has 0 aromatic heterocycles. The molecule has 5 rings (SSSR count). The van der Waals surface area contributed by atoms with E-state index in [1.54, 1.807) is 13.8 Å². The number of rotatable bonds is 13. The van der Waals surface area contributed by atoms with E-state index in [1.165, 1.54) is 12.1 Å². The average molecular weight is 606 g/mol. The second-order valence-electron chi connectivity index (χ2n) is 10.1. The van der Waals surface area contributed by atoms with Gasteiger partial charge in [-0.2, -0.15) is 0 Å². The second-order valence-corrected chi connectivity index (χ2v) is 12.3. The lowest BCUT2D eigenvalue weighted by atomic mass is 9.99. The van der Waals surface area contributed by atoms with E-state index < -0.39 is 19.2 Å². The normalized spacial score (nSPS) is 11.7. The number of aryl methyl sites for hydroxylation is 1. The molecule has 2 aliphatic rings. The molecule has 0 spiro atoms. The van der Waals surface area contributed by atoms with Gasteiger partial charge in [0.05, 0.1) is 37.2 Å². The maximum absolute atomic E-state index is 14.2. The fourth-order valence-electron chi connectivity index (χ4n) is 4.91. The first-order valence-corrected chi connectivity index (χ1v) is 16.0. The Bertz CT molecular complexity index is 1700. The zero-order chi connectivity index (χ0) is 30.4. The van der Waals surface area contributed by atoms with Crippen molar-refractivity contribution in [2.75, 3.05) is 26.0 Å². The molecular weight excluding hydrogens is 571 g/mol. The summed E-state index contributed by atoms with van der Waals surface area (Å²) in [6.45, 7) is 7.38. The van der Waals surface area contributed by atoms with E-state index in [1.807, 2.05) is 48.1 Å². The fraction of sp³-hybridized carbons (Fsp3) is 0.273. The quantitative estimate of drug-likeness (QED) is 0.0991. The van der Waals surface area contributed by atoms with E-state index in [4.69, 9.17) is 13.8 Å². The van der Waals surface area contributed by atoms with Crippen LogP contribution in [-0.2, 0) is 20.2 Å². The van der Waals surface area contributed by atoms with Crippen molar-refractivity contribution in [2.45, 2.75) is 33.7 Å². The van der Waals surface area contributed by atoms with Gasteiger partial charge >= 0.3 is 7.60 Å².